The lowest BCUT2D eigenvalue weighted by atomic mass is 9.79. The molecule has 0 aromatic heterocycles. The van der Waals surface area contributed by atoms with Crippen LogP contribution in [0.3, 0.4) is 0 Å². The molecule has 0 bridgehead atoms. The van der Waals surface area contributed by atoms with Gasteiger partial charge in [-0.3, -0.25) is 0 Å². The fourth-order valence-corrected chi connectivity index (χ4v) is 4.13. The molecule has 1 aliphatic carbocycles. The molecule has 140 valence electrons. The van der Waals surface area contributed by atoms with E-state index in [1.165, 1.54) is 42.4 Å². The molecule has 0 radical (unpaired) electrons. The van der Waals surface area contributed by atoms with E-state index in [9.17, 15) is 0 Å². The molecule has 1 aliphatic rings. The largest absolute Gasteiger partial charge is 0.102 e. The quantitative estimate of drug-likeness (QED) is 0.391. The van der Waals surface area contributed by atoms with E-state index in [2.05, 4.69) is 80.8 Å². The van der Waals surface area contributed by atoms with Gasteiger partial charge in [-0.05, 0) is 73.3 Å². The maximum Gasteiger partial charge on any atom is 0.0245 e. The van der Waals surface area contributed by atoms with E-state index in [0.29, 0.717) is 11.8 Å². The van der Waals surface area contributed by atoms with Crippen LogP contribution in [0.4, 0.5) is 0 Å². The Bertz CT molecular complexity index is 775. The zero-order chi connectivity index (χ0) is 19.1. The lowest BCUT2D eigenvalue weighted by Crippen LogP contribution is -2.12. The van der Waals surface area contributed by atoms with Gasteiger partial charge >= 0.3 is 0 Å². The molecule has 1 atom stereocenters. The molecule has 27 heavy (non-hydrogen) atoms. The van der Waals surface area contributed by atoms with Gasteiger partial charge in [0.15, 0.2) is 0 Å². The maximum atomic E-state index is 3.94. The number of hydrogen-bond acceptors (Lipinski definition) is 0. The zero-order valence-corrected chi connectivity index (χ0v) is 16.9. The monoisotopic (exact) mass is 356 g/mol. The van der Waals surface area contributed by atoms with Gasteiger partial charge in [0.2, 0.25) is 0 Å². The van der Waals surface area contributed by atoms with Gasteiger partial charge in [0.25, 0.3) is 0 Å². The normalized spacial score (nSPS) is 20.4. The summed E-state index contributed by atoms with van der Waals surface area (Å²) in [6.45, 7) is 8.36. The van der Waals surface area contributed by atoms with Crippen molar-refractivity contribution in [1.82, 2.24) is 0 Å². The standard InChI is InChI=1S/C27H32/c1-4-21-9-15-26(16-10-21)27-19-13-23(14-20-27)8-7-22-11-17-25(18-12-22)24(5-2)6-3/h5,9-12,15-18,23-24,27H,2,4,6,13-14,19-20H2,1,3H3. The zero-order valence-electron chi connectivity index (χ0n) is 16.9. The number of aryl methyl sites for hydroxylation is 1. The van der Waals surface area contributed by atoms with Crippen molar-refractivity contribution in [3.8, 4) is 11.8 Å². The summed E-state index contributed by atoms with van der Waals surface area (Å²) in [6.07, 6.45) is 9.23. The summed E-state index contributed by atoms with van der Waals surface area (Å²) in [5.74, 6) is 8.67. The van der Waals surface area contributed by atoms with Crippen LogP contribution in [0.2, 0.25) is 0 Å². The lowest BCUT2D eigenvalue weighted by Gasteiger charge is -2.26. The third-order valence-corrected chi connectivity index (χ3v) is 6.07. The number of rotatable bonds is 5. The predicted molar refractivity (Wildman–Crippen MR) is 117 cm³/mol. The van der Waals surface area contributed by atoms with Gasteiger partial charge in [-0.2, -0.15) is 0 Å². The van der Waals surface area contributed by atoms with Crippen LogP contribution in [0.5, 0.6) is 0 Å². The smallest absolute Gasteiger partial charge is 0.0245 e. The van der Waals surface area contributed by atoms with Gasteiger partial charge < -0.3 is 0 Å². The van der Waals surface area contributed by atoms with Gasteiger partial charge in [-0.25, -0.2) is 0 Å². The second-order valence-corrected chi connectivity index (χ2v) is 7.79. The summed E-state index contributed by atoms with van der Waals surface area (Å²) < 4.78 is 0. The van der Waals surface area contributed by atoms with Crippen LogP contribution in [0.1, 0.15) is 80.0 Å². The summed E-state index contributed by atoms with van der Waals surface area (Å²) in [5.41, 5.74) is 5.42. The Morgan fingerprint density at radius 1 is 0.963 bits per heavy atom. The van der Waals surface area contributed by atoms with E-state index in [1.807, 2.05) is 6.08 Å². The van der Waals surface area contributed by atoms with Crippen LogP contribution in [0, 0.1) is 17.8 Å². The van der Waals surface area contributed by atoms with E-state index in [1.54, 1.807) is 0 Å². The first-order valence-electron chi connectivity index (χ1n) is 10.6. The summed E-state index contributed by atoms with van der Waals surface area (Å²) >= 11 is 0. The predicted octanol–water partition coefficient (Wildman–Crippen LogP) is 7.25. The molecule has 0 heterocycles. The van der Waals surface area contributed by atoms with Crippen LogP contribution in [-0.2, 0) is 6.42 Å². The molecule has 0 saturated heterocycles. The van der Waals surface area contributed by atoms with Crippen molar-refractivity contribution in [2.45, 2.75) is 64.2 Å². The summed E-state index contributed by atoms with van der Waals surface area (Å²) in [4.78, 5) is 0. The Morgan fingerprint density at radius 3 is 2.19 bits per heavy atom. The Kier molecular flexibility index (Phi) is 6.94. The molecule has 3 rings (SSSR count). The molecule has 0 amide bonds. The van der Waals surface area contributed by atoms with Crippen molar-refractivity contribution in [2.24, 2.45) is 5.92 Å². The third kappa shape index (κ3) is 5.14. The van der Waals surface area contributed by atoms with E-state index in [0.717, 1.165) is 24.3 Å². The maximum absolute atomic E-state index is 3.94. The summed E-state index contributed by atoms with van der Waals surface area (Å²) in [5, 5.41) is 0. The van der Waals surface area contributed by atoms with Gasteiger partial charge in [0.1, 0.15) is 0 Å². The summed E-state index contributed by atoms with van der Waals surface area (Å²) in [7, 11) is 0. The van der Waals surface area contributed by atoms with Crippen LogP contribution < -0.4 is 0 Å². The highest BCUT2D eigenvalue weighted by Gasteiger charge is 2.21. The van der Waals surface area contributed by atoms with Gasteiger partial charge in [0, 0.05) is 17.4 Å². The SMILES string of the molecule is C=CC(CC)c1ccc(C#CC2CCC(c3ccc(CC)cc3)CC2)cc1. The molecule has 0 aliphatic heterocycles. The fourth-order valence-electron chi connectivity index (χ4n) is 4.13. The molecule has 0 nitrogen and oxygen atoms in total. The van der Waals surface area contributed by atoms with Crippen LogP contribution in [-0.4, -0.2) is 0 Å². The molecular formula is C27H32. The van der Waals surface area contributed by atoms with Crippen molar-refractivity contribution in [3.05, 3.63) is 83.4 Å². The van der Waals surface area contributed by atoms with E-state index in [4.69, 9.17) is 0 Å². The third-order valence-electron chi connectivity index (χ3n) is 6.07. The number of allylic oxidation sites excluding steroid dienone is 1. The molecule has 0 heteroatoms. The van der Waals surface area contributed by atoms with Crippen molar-refractivity contribution in [1.29, 1.82) is 0 Å². The van der Waals surface area contributed by atoms with Crippen LogP contribution in [0.15, 0.2) is 61.2 Å². The van der Waals surface area contributed by atoms with Crippen molar-refractivity contribution in [2.75, 3.05) is 0 Å². The minimum absolute atomic E-state index is 0.452. The average Bonchev–Trinajstić information content (AvgIpc) is 2.74. The van der Waals surface area contributed by atoms with E-state index >= 15 is 0 Å². The van der Waals surface area contributed by atoms with E-state index in [-0.39, 0.29) is 0 Å². The molecule has 2 aromatic carbocycles. The molecular weight excluding hydrogens is 324 g/mol. The molecule has 1 unspecified atom stereocenters. The second kappa shape index (κ2) is 9.61. The van der Waals surface area contributed by atoms with Crippen LogP contribution in [0.25, 0.3) is 0 Å². The summed E-state index contributed by atoms with van der Waals surface area (Å²) in [6, 6.07) is 18.0. The first-order chi connectivity index (χ1) is 13.2. The Hall–Kier alpha value is -2.26. The van der Waals surface area contributed by atoms with Crippen molar-refractivity contribution in [3.63, 3.8) is 0 Å². The highest BCUT2D eigenvalue weighted by Crippen LogP contribution is 2.35. The molecule has 0 N–H and O–H groups in total. The van der Waals surface area contributed by atoms with Crippen LogP contribution >= 0.6 is 0 Å². The average molecular weight is 357 g/mol. The highest BCUT2D eigenvalue weighted by molar-refractivity contribution is 5.38. The molecule has 2 aromatic rings. The van der Waals surface area contributed by atoms with Crippen molar-refractivity contribution >= 4 is 0 Å². The first kappa shape index (κ1) is 19.5. The minimum Gasteiger partial charge on any atom is -0.102 e. The lowest BCUT2D eigenvalue weighted by molar-refractivity contribution is 0.384. The number of hydrogen-bond donors (Lipinski definition) is 0. The Balaban J connectivity index is 1.55. The van der Waals surface area contributed by atoms with E-state index < -0.39 is 0 Å². The van der Waals surface area contributed by atoms with Gasteiger partial charge in [-0.1, -0.05) is 68.2 Å². The Labute approximate surface area is 165 Å². The van der Waals surface area contributed by atoms with Gasteiger partial charge in [-0.15, -0.1) is 6.58 Å². The van der Waals surface area contributed by atoms with Gasteiger partial charge in [0.05, 0.1) is 0 Å². The fraction of sp³-hybridized carbons (Fsp3) is 0.407. The molecule has 1 saturated carbocycles. The highest BCUT2D eigenvalue weighted by atomic mass is 14.2. The van der Waals surface area contributed by atoms with Crippen molar-refractivity contribution < 1.29 is 0 Å². The minimum atomic E-state index is 0.452. The molecule has 1 fully saturated rings. The topological polar surface area (TPSA) is 0 Å². The first-order valence-corrected chi connectivity index (χ1v) is 10.6. The number of benzene rings is 2. The Morgan fingerprint density at radius 2 is 1.63 bits per heavy atom. The molecule has 0 spiro atoms. The second-order valence-electron chi connectivity index (χ2n) is 7.79.